The van der Waals surface area contributed by atoms with Gasteiger partial charge in [0.25, 0.3) is 0 Å². The van der Waals surface area contributed by atoms with Crippen LogP contribution >= 0.6 is 0 Å². The second kappa shape index (κ2) is 9.23. The van der Waals surface area contributed by atoms with E-state index in [2.05, 4.69) is 22.8 Å². The minimum Gasteiger partial charge on any atom is -0.479 e. The molecular formula is C25H28N2O6. The number of nitrogens with one attached hydrogen (secondary N) is 2. The van der Waals surface area contributed by atoms with Crippen LogP contribution in [0.3, 0.4) is 0 Å². The first-order chi connectivity index (χ1) is 15.8. The molecule has 1 saturated carbocycles. The summed E-state index contributed by atoms with van der Waals surface area (Å²) in [6.45, 7) is 1.58. The highest BCUT2D eigenvalue weighted by molar-refractivity contribution is 5.81. The van der Waals surface area contributed by atoms with E-state index in [1.54, 1.807) is 6.92 Å². The van der Waals surface area contributed by atoms with Crippen LogP contribution in [0.1, 0.15) is 43.2 Å². The molecule has 2 aliphatic rings. The molecule has 2 aliphatic carbocycles. The Morgan fingerprint density at radius 1 is 1.06 bits per heavy atom. The van der Waals surface area contributed by atoms with Crippen molar-refractivity contribution in [1.29, 1.82) is 0 Å². The third-order valence-electron chi connectivity index (χ3n) is 6.52. The third-order valence-corrected chi connectivity index (χ3v) is 6.52. The second-order valence-electron chi connectivity index (χ2n) is 8.98. The summed E-state index contributed by atoms with van der Waals surface area (Å²) >= 11 is 0. The molecule has 0 aromatic heterocycles. The molecule has 8 nitrogen and oxygen atoms in total. The number of ether oxygens (including phenoxy) is 1. The van der Waals surface area contributed by atoms with Crippen molar-refractivity contribution in [1.82, 2.24) is 10.6 Å². The number of alkyl carbamates (subject to hydrolysis) is 1. The predicted molar refractivity (Wildman–Crippen MR) is 121 cm³/mol. The molecule has 2 amide bonds. The van der Waals surface area contributed by atoms with Gasteiger partial charge in [-0.2, -0.15) is 0 Å². The molecule has 1 fully saturated rings. The fourth-order valence-corrected chi connectivity index (χ4v) is 4.57. The maximum absolute atomic E-state index is 12.7. The molecule has 2 atom stereocenters. The molecule has 2 aromatic rings. The summed E-state index contributed by atoms with van der Waals surface area (Å²) in [5.74, 6) is -1.77. The second-order valence-corrected chi connectivity index (χ2v) is 8.98. The van der Waals surface area contributed by atoms with Crippen LogP contribution in [-0.4, -0.2) is 53.0 Å². The van der Waals surface area contributed by atoms with E-state index in [0.717, 1.165) is 35.1 Å². The summed E-state index contributed by atoms with van der Waals surface area (Å²) in [4.78, 5) is 35.8. The molecule has 0 spiro atoms. The van der Waals surface area contributed by atoms with Crippen LogP contribution in [-0.2, 0) is 14.3 Å². The monoisotopic (exact) mass is 452 g/mol. The molecular weight excluding hydrogens is 424 g/mol. The molecule has 0 aliphatic heterocycles. The van der Waals surface area contributed by atoms with Crippen molar-refractivity contribution in [2.45, 2.75) is 43.7 Å². The lowest BCUT2D eigenvalue weighted by Crippen LogP contribution is -2.51. The minimum atomic E-state index is -1.67. The van der Waals surface area contributed by atoms with Crippen LogP contribution in [0.15, 0.2) is 48.5 Å². The average molecular weight is 453 g/mol. The minimum absolute atomic E-state index is 0.0335. The van der Waals surface area contributed by atoms with E-state index >= 15 is 0 Å². The number of carboxylic acid groups (broad SMARTS) is 1. The van der Waals surface area contributed by atoms with E-state index in [0.29, 0.717) is 0 Å². The summed E-state index contributed by atoms with van der Waals surface area (Å²) in [5, 5.41) is 23.4. The first-order valence-corrected chi connectivity index (χ1v) is 11.1. The molecule has 0 saturated heterocycles. The van der Waals surface area contributed by atoms with Gasteiger partial charge in [0.2, 0.25) is 5.91 Å². The van der Waals surface area contributed by atoms with Gasteiger partial charge in [-0.3, -0.25) is 4.79 Å². The van der Waals surface area contributed by atoms with Gasteiger partial charge in [0, 0.05) is 12.3 Å². The van der Waals surface area contributed by atoms with Crippen molar-refractivity contribution in [3.8, 4) is 11.1 Å². The van der Waals surface area contributed by atoms with Gasteiger partial charge in [-0.05, 0) is 47.9 Å². The zero-order valence-corrected chi connectivity index (χ0v) is 18.4. The number of fused-ring (bicyclic) bond motifs is 3. The van der Waals surface area contributed by atoms with Crippen LogP contribution < -0.4 is 10.6 Å². The number of aliphatic hydroxyl groups is 1. The zero-order valence-electron chi connectivity index (χ0n) is 18.4. The van der Waals surface area contributed by atoms with Crippen molar-refractivity contribution in [3.05, 3.63) is 59.7 Å². The fraction of sp³-hybridized carbons (Fsp3) is 0.400. The van der Waals surface area contributed by atoms with Crippen molar-refractivity contribution >= 4 is 18.0 Å². The summed E-state index contributed by atoms with van der Waals surface area (Å²) in [6, 6.07) is 16.2. The number of hydrogen-bond acceptors (Lipinski definition) is 5. The third kappa shape index (κ3) is 5.01. The van der Waals surface area contributed by atoms with Crippen LogP contribution in [0.2, 0.25) is 0 Å². The van der Waals surface area contributed by atoms with Crippen LogP contribution in [0.4, 0.5) is 4.79 Å². The number of aliphatic hydroxyl groups excluding tert-OH is 1. The predicted octanol–water partition coefficient (Wildman–Crippen LogP) is 2.65. The van der Waals surface area contributed by atoms with Gasteiger partial charge in [0.1, 0.15) is 6.61 Å². The number of carbonyl (C=O) groups is 3. The SMILES string of the molecule is CC(CC(=O)NC[C@H](O)C(=O)O)(NC(=O)OCC1c2ccccc2-c2ccccc21)C1CC1. The lowest BCUT2D eigenvalue weighted by molar-refractivity contribution is -0.146. The molecule has 0 heterocycles. The van der Waals surface area contributed by atoms with E-state index in [-0.39, 0.29) is 31.4 Å². The van der Waals surface area contributed by atoms with E-state index in [1.165, 1.54) is 0 Å². The van der Waals surface area contributed by atoms with Gasteiger partial charge < -0.3 is 25.6 Å². The van der Waals surface area contributed by atoms with Crippen LogP contribution in [0, 0.1) is 5.92 Å². The quantitative estimate of drug-likeness (QED) is 0.464. The Balaban J connectivity index is 1.37. The van der Waals surface area contributed by atoms with E-state index in [4.69, 9.17) is 9.84 Å². The molecule has 33 heavy (non-hydrogen) atoms. The number of carboxylic acids is 1. The maximum Gasteiger partial charge on any atom is 0.407 e. The zero-order chi connectivity index (χ0) is 23.6. The van der Waals surface area contributed by atoms with E-state index < -0.39 is 29.6 Å². The Morgan fingerprint density at radius 2 is 1.64 bits per heavy atom. The largest absolute Gasteiger partial charge is 0.479 e. The highest BCUT2D eigenvalue weighted by Gasteiger charge is 2.44. The first-order valence-electron chi connectivity index (χ1n) is 11.1. The summed E-state index contributed by atoms with van der Waals surface area (Å²) in [5.41, 5.74) is 3.71. The van der Waals surface area contributed by atoms with Gasteiger partial charge >= 0.3 is 12.1 Å². The Kier molecular flexibility index (Phi) is 6.37. The molecule has 8 heteroatoms. The molecule has 4 N–H and O–H groups in total. The molecule has 174 valence electrons. The van der Waals surface area contributed by atoms with Gasteiger partial charge in [0.05, 0.1) is 12.1 Å². The Labute approximate surface area is 192 Å². The van der Waals surface area contributed by atoms with Crippen molar-refractivity contribution < 1.29 is 29.3 Å². The van der Waals surface area contributed by atoms with E-state index in [1.807, 2.05) is 36.4 Å². The summed E-state index contributed by atoms with van der Waals surface area (Å²) in [6.07, 6.45) is -0.536. The Hall–Kier alpha value is -3.39. The standard InChI is InChI=1S/C25H28N2O6/c1-25(15-10-11-15,12-22(29)26-13-21(28)23(30)31)27-24(32)33-14-20-18-8-4-2-6-16(18)17-7-3-5-9-19(17)20/h2-9,15,20-21,28H,10-14H2,1H3,(H,26,29)(H,27,32)(H,30,31)/t21-,25?/m0/s1. The number of carbonyl (C=O) groups excluding carboxylic acids is 2. The Bertz CT molecular complexity index is 1020. The van der Waals surface area contributed by atoms with Crippen LogP contribution in [0.25, 0.3) is 11.1 Å². The van der Waals surface area contributed by atoms with Crippen molar-refractivity contribution in [2.24, 2.45) is 5.92 Å². The van der Waals surface area contributed by atoms with Gasteiger partial charge in [-0.1, -0.05) is 48.5 Å². The Morgan fingerprint density at radius 3 is 2.18 bits per heavy atom. The topological polar surface area (TPSA) is 125 Å². The highest BCUT2D eigenvalue weighted by Crippen LogP contribution is 2.45. The fourth-order valence-electron chi connectivity index (χ4n) is 4.57. The lowest BCUT2D eigenvalue weighted by atomic mass is 9.91. The number of rotatable bonds is 9. The van der Waals surface area contributed by atoms with Crippen LogP contribution in [0.5, 0.6) is 0 Å². The lowest BCUT2D eigenvalue weighted by Gasteiger charge is -2.30. The number of aliphatic carboxylic acids is 1. The summed E-state index contributed by atoms with van der Waals surface area (Å²) < 4.78 is 5.63. The molecule has 2 aromatic carbocycles. The van der Waals surface area contributed by atoms with E-state index in [9.17, 15) is 19.5 Å². The molecule has 0 radical (unpaired) electrons. The summed E-state index contributed by atoms with van der Waals surface area (Å²) in [7, 11) is 0. The normalized spacial score (nSPS) is 17.3. The van der Waals surface area contributed by atoms with Gasteiger partial charge in [0.15, 0.2) is 6.10 Å². The van der Waals surface area contributed by atoms with Gasteiger partial charge in [-0.25, -0.2) is 9.59 Å². The average Bonchev–Trinajstić information content (AvgIpc) is 3.60. The maximum atomic E-state index is 12.7. The number of amides is 2. The van der Waals surface area contributed by atoms with Gasteiger partial charge in [-0.15, -0.1) is 0 Å². The van der Waals surface area contributed by atoms with Crippen molar-refractivity contribution in [2.75, 3.05) is 13.2 Å². The smallest absolute Gasteiger partial charge is 0.407 e. The highest BCUT2D eigenvalue weighted by atomic mass is 16.5. The van der Waals surface area contributed by atoms with Crippen molar-refractivity contribution in [3.63, 3.8) is 0 Å². The molecule has 4 rings (SSSR count). The first kappa shape index (κ1) is 22.8. The number of hydrogen-bond donors (Lipinski definition) is 4. The molecule has 1 unspecified atom stereocenters. The molecule has 0 bridgehead atoms. The number of benzene rings is 2.